The summed E-state index contributed by atoms with van der Waals surface area (Å²) in [5, 5.41) is 0. The summed E-state index contributed by atoms with van der Waals surface area (Å²) < 4.78 is 34.1. The average molecular weight is 327 g/mol. The Hall–Kier alpha value is 2.13. The van der Waals surface area contributed by atoms with Gasteiger partial charge in [-0.05, 0) is 0 Å². The molecule has 0 fully saturated rings. The average Bonchev–Trinajstić information content (AvgIpc) is 0.722. The second-order valence-corrected chi connectivity index (χ2v) is 1.22. The molecule has 0 unspecified atom stereocenters. The van der Waals surface area contributed by atoms with Crippen molar-refractivity contribution in [2.75, 3.05) is 0 Å². The van der Waals surface area contributed by atoms with E-state index < -0.39 is 10.4 Å². The van der Waals surface area contributed by atoms with Gasteiger partial charge in [-0.25, -0.2) is 0 Å². The maximum Gasteiger partial charge on any atom is 4.00 e. The number of hydrogen-bond acceptors (Lipinski definition) is 4. The SMILES string of the molecule is O=S(=O)([O-])[O-].[Ce+3].[Zr+4]. The fourth-order valence-electron chi connectivity index (χ4n) is 0. The van der Waals surface area contributed by atoms with Crippen LogP contribution in [0, 0.1) is 41.7 Å². The Morgan fingerprint density at radius 2 is 1.14 bits per heavy atom. The third kappa shape index (κ3) is 67.3. The van der Waals surface area contributed by atoms with Crippen LogP contribution in [0.25, 0.3) is 0 Å². The predicted octanol–water partition coefficient (Wildman–Crippen LogP) is -1.34. The Balaban J connectivity index is -0.0000000800. The van der Waals surface area contributed by atoms with E-state index in [4.69, 9.17) is 17.5 Å². The van der Waals surface area contributed by atoms with E-state index in [0.29, 0.717) is 0 Å². The number of hydrogen-bond donors (Lipinski definition) is 0. The van der Waals surface area contributed by atoms with E-state index in [2.05, 4.69) is 0 Å². The van der Waals surface area contributed by atoms with Crippen molar-refractivity contribution >= 4 is 10.4 Å². The Morgan fingerprint density at radius 1 is 1.14 bits per heavy atom. The zero-order valence-corrected chi connectivity index (χ0v) is 9.46. The van der Waals surface area contributed by atoms with E-state index >= 15 is 0 Å². The Kier molecular flexibility index (Phi) is 14.3. The van der Waals surface area contributed by atoms with Gasteiger partial charge < -0.3 is 9.11 Å². The molecule has 0 spiro atoms. The largest absolute Gasteiger partial charge is 4.00 e. The number of rotatable bonds is 0. The van der Waals surface area contributed by atoms with Crippen LogP contribution in [-0.2, 0) is 36.6 Å². The molecule has 0 saturated heterocycles. The van der Waals surface area contributed by atoms with Gasteiger partial charge in [0, 0.05) is 10.4 Å². The molecule has 0 amide bonds. The Labute approximate surface area is 94.1 Å². The molecule has 0 aromatic carbocycles. The fourth-order valence-corrected chi connectivity index (χ4v) is 0. The summed E-state index contributed by atoms with van der Waals surface area (Å²) in [6, 6.07) is 0. The van der Waals surface area contributed by atoms with Gasteiger partial charge >= 0.3 is 68.0 Å². The van der Waals surface area contributed by atoms with E-state index in [1.54, 1.807) is 0 Å². The van der Waals surface area contributed by atoms with Crippen LogP contribution in [0.4, 0.5) is 0 Å². The summed E-state index contributed by atoms with van der Waals surface area (Å²) in [4.78, 5) is 0. The second kappa shape index (κ2) is 6.25. The van der Waals surface area contributed by atoms with Gasteiger partial charge in [0.1, 0.15) is 0 Å². The van der Waals surface area contributed by atoms with E-state index in [-0.39, 0.29) is 68.0 Å². The van der Waals surface area contributed by atoms with Crippen molar-refractivity contribution in [3.05, 3.63) is 0 Å². The smallest absolute Gasteiger partial charge is 0.759 e. The minimum atomic E-state index is -5.17. The van der Waals surface area contributed by atoms with E-state index in [1.807, 2.05) is 0 Å². The molecule has 33 valence electrons. The first-order chi connectivity index (χ1) is 2.00. The van der Waals surface area contributed by atoms with Crippen LogP contribution in [-0.4, -0.2) is 17.5 Å². The molecule has 4 nitrogen and oxygen atoms in total. The van der Waals surface area contributed by atoms with Crippen molar-refractivity contribution in [2.45, 2.75) is 0 Å². The van der Waals surface area contributed by atoms with E-state index in [9.17, 15) is 0 Å². The van der Waals surface area contributed by atoms with Crippen molar-refractivity contribution in [3.8, 4) is 0 Å². The fraction of sp³-hybridized carbons (Fsp3) is 0. The zero-order valence-electron chi connectivity index (χ0n) is 3.04. The molecule has 0 aromatic heterocycles. The molecular weight excluding hydrogens is 327 g/mol. The minimum absolute atomic E-state index is 0. The van der Waals surface area contributed by atoms with Crippen LogP contribution < -0.4 is 0 Å². The topological polar surface area (TPSA) is 80.3 Å². The molecule has 0 bridgehead atoms. The van der Waals surface area contributed by atoms with Crippen molar-refractivity contribution in [3.63, 3.8) is 0 Å². The zero-order chi connectivity index (χ0) is 4.50. The first-order valence-electron chi connectivity index (χ1n) is 0.667. The molecule has 7 heteroatoms. The van der Waals surface area contributed by atoms with Gasteiger partial charge in [0.2, 0.25) is 0 Å². The van der Waals surface area contributed by atoms with E-state index in [1.165, 1.54) is 0 Å². The van der Waals surface area contributed by atoms with Gasteiger partial charge in [-0.2, -0.15) is 0 Å². The summed E-state index contributed by atoms with van der Waals surface area (Å²) >= 11 is 0. The van der Waals surface area contributed by atoms with Gasteiger partial charge in [0.25, 0.3) is 0 Å². The molecule has 7 heavy (non-hydrogen) atoms. The second-order valence-electron chi connectivity index (χ2n) is 0.408. The summed E-state index contributed by atoms with van der Waals surface area (Å²) in [5.41, 5.74) is 0. The molecule has 0 heterocycles. The summed E-state index contributed by atoms with van der Waals surface area (Å²) in [6.45, 7) is 0. The van der Waals surface area contributed by atoms with Crippen LogP contribution in [0.15, 0.2) is 0 Å². The van der Waals surface area contributed by atoms with Crippen molar-refractivity contribution in [1.29, 1.82) is 0 Å². The Bertz CT molecular complexity index is 94.9. The van der Waals surface area contributed by atoms with Crippen LogP contribution >= 0.6 is 0 Å². The first kappa shape index (κ1) is 16.1. The van der Waals surface area contributed by atoms with Gasteiger partial charge in [0.15, 0.2) is 0 Å². The quantitative estimate of drug-likeness (QED) is 0.407. The Morgan fingerprint density at radius 3 is 1.14 bits per heavy atom. The molecule has 0 N–H and O–H groups in total. The summed E-state index contributed by atoms with van der Waals surface area (Å²) in [6.07, 6.45) is 0. The molecule has 0 aliphatic carbocycles. The summed E-state index contributed by atoms with van der Waals surface area (Å²) in [5.74, 6) is 0. The predicted molar refractivity (Wildman–Crippen MR) is 10.5 cm³/mol. The van der Waals surface area contributed by atoms with Crippen molar-refractivity contribution in [1.82, 2.24) is 0 Å². The third-order valence-corrected chi connectivity index (χ3v) is 0. The summed E-state index contributed by atoms with van der Waals surface area (Å²) in [7, 11) is -5.17. The third-order valence-electron chi connectivity index (χ3n) is 0. The van der Waals surface area contributed by atoms with Crippen LogP contribution in [0.3, 0.4) is 0 Å². The van der Waals surface area contributed by atoms with Crippen LogP contribution in [0.1, 0.15) is 0 Å². The molecule has 1 radical (unpaired) electrons. The van der Waals surface area contributed by atoms with Gasteiger partial charge in [-0.15, -0.1) is 0 Å². The first-order valence-corrected chi connectivity index (χ1v) is 2.00. The van der Waals surface area contributed by atoms with E-state index in [0.717, 1.165) is 0 Å². The van der Waals surface area contributed by atoms with Gasteiger partial charge in [-0.3, -0.25) is 8.42 Å². The maximum absolute atomic E-state index is 8.52. The van der Waals surface area contributed by atoms with Crippen molar-refractivity contribution in [2.24, 2.45) is 0 Å². The van der Waals surface area contributed by atoms with Crippen molar-refractivity contribution < 1.29 is 85.5 Å². The molecule has 0 saturated carbocycles. The maximum atomic E-state index is 8.52. The van der Waals surface area contributed by atoms with Gasteiger partial charge in [0.05, 0.1) is 0 Å². The van der Waals surface area contributed by atoms with Crippen LogP contribution in [0.5, 0.6) is 0 Å². The monoisotopic (exact) mass is 326 g/mol. The molecule has 0 aliphatic rings. The molecule has 0 atom stereocenters. The molecule has 0 aromatic rings. The molecule has 0 aliphatic heterocycles. The minimum Gasteiger partial charge on any atom is -0.759 e. The van der Waals surface area contributed by atoms with Crippen LogP contribution in [0.2, 0.25) is 0 Å². The normalized spacial score (nSPS) is 8.29. The standard InChI is InChI=1S/Ce.H2O4S.Zr/c;1-5(2,3)4;/h;(H2,1,2,3,4);/q+3;;+4/p-2. The molecular formula is CeO4SZr+5. The van der Waals surface area contributed by atoms with Gasteiger partial charge in [-0.1, -0.05) is 0 Å². The molecule has 0 rings (SSSR count).